The Morgan fingerprint density at radius 2 is 1.27 bits per heavy atom. The highest BCUT2D eigenvalue weighted by Crippen LogP contribution is 2.54. The number of aliphatic imine (C=N–C) groups is 1. The topological polar surface area (TPSA) is 12.4 Å². The molecule has 0 N–H and O–H groups in total. The van der Waals surface area contributed by atoms with E-state index in [0.29, 0.717) is 0 Å². The zero-order valence-electron chi connectivity index (χ0n) is 26.1. The fourth-order valence-electron chi connectivity index (χ4n) is 7.21. The summed E-state index contributed by atoms with van der Waals surface area (Å²) in [5.74, 6) is 0. The Balaban J connectivity index is 1.27. The average Bonchev–Trinajstić information content (AvgIpc) is 3.36. The standard InChI is InChI=1S/C44H37N/c1-5-32-15-9-10-18-37(32)38-19-11-13-21-41(38)44(4)42-22-14-12-20-39(42)40-29-36(27-28-43(40)44)35-25-23-34(24-26-35)31(3)45-30(2)33-16-7-6-8-17-33/h5-23,25,27-29H,1-2,24,26H2,3-4H3. The first-order valence-corrected chi connectivity index (χ1v) is 15.7. The quantitative estimate of drug-likeness (QED) is 0.170. The van der Waals surface area contributed by atoms with Gasteiger partial charge in [-0.25, -0.2) is 0 Å². The number of allylic oxidation sites excluding steroid dienone is 4. The SMILES string of the molecule is C=Cc1ccccc1-c1ccccc1C1(C)c2ccccc2-c2cc(C3=CC=C(C(C)=NC(=C)c4ccccc4)CC3)ccc21. The van der Waals surface area contributed by atoms with Gasteiger partial charge in [0.05, 0.1) is 5.70 Å². The average molecular weight is 580 g/mol. The summed E-state index contributed by atoms with van der Waals surface area (Å²) < 4.78 is 0. The minimum atomic E-state index is -0.294. The van der Waals surface area contributed by atoms with Crippen molar-refractivity contribution in [2.45, 2.75) is 32.1 Å². The van der Waals surface area contributed by atoms with Gasteiger partial charge in [0, 0.05) is 11.1 Å². The van der Waals surface area contributed by atoms with E-state index in [-0.39, 0.29) is 5.41 Å². The van der Waals surface area contributed by atoms with Crippen molar-refractivity contribution in [1.29, 1.82) is 0 Å². The van der Waals surface area contributed by atoms with E-state index in [1.165, 1.54) is 55.7 Å². The van der Waals surface area contributed by atoms with E-state index in [1.807, 2.05) is 24.3 Å². The Morgan fingerprint density at radius 1 is 0.667 bits per heavy atom. The Hall–Kier alpha value is -5.27. The summed E-state index contributed by atoms with van der Waals surface area (Å²) in [4.78, 5) is 4.84. The minimum absolute atomic E-state index is 0.294. The smallest absolute Gasteiger partial charge is 0.0633 e. The number of benzene rings is 5. The van der Waals surface area contributed by atoms with Gasteiger partial charge in [-0.05, 0) is 99.5 Å². The Kier molecular flexibility index (Phi) is 7.39. The van der Waals surface area contributed by atoms with Crippen LogP contribution < -0.4 is 0 Å². The second kappa shape index (κ2) is 11.7. The molecule has 1 unspecified atom stereocenters. The second-order valence-electron chi connectivity index (χ2n) is 12.2. The molecular formula is C44H37N. The van der Waals surface area contributed by atoms with Gasteiger partial charge in [-0.3, -0.25) is 4.99 Å². The molecule has 5 aromatic carbocycles. The van der Waals surface area contributed by atoms with Crippen LogP contribution in [0.4, 0.5) is 0 Å². The van der Waals surface area contributed by atoms with Crippen molar-refractivity contribution in [2.75, 3.05) is 0 Å². The molecular weight excluding hydrogens is 542 g/mol. The molecule has 7 rings (SSSR count). The summed E-state index contributed by atoms with van der Waals surface area (Å²) in [5, 5.41) is 0. The first kappa shape index (κ1) is 28.5. The van der Waals surface area contributed by atoms with Gasteiger partial charge in [-0.1, -0.05) is 147 Å². The maximum absolute atomic E-state index is 4.84. The van der Waals surface area contributed by atoms with Crippen molar-refractivity contribution < 1.29 is 0 Å². The molecule has 0 radical (unpaired) electrons. The molecule has 2 aliphatic carbocycles. The van der Waals surface area contributed by atoms with Gasteiger partial charge in [-0.2, -0.15) is 0 Å². The molecule has 0 aliphatic heterocycles. The first-order valence-electron chi connectivity index (χ1n) is 15.7. The normalized spacial score (nSPS) is 17.2. The number of fused-ring (bicyclic) bond motifs is 3. The zero-order chi connectivity index (χ0) is 31.0. The predicted molar refractivity (Wildman–Crippen MR) is 193 cm³/mol. The lowest BCUT2D eigenvalue weighted by atomic mass is 9.71. The molecule has 0 heterocycles. The molecule has 45 heavy (non-hydrogen) atoms. The highest BCUT2D eigenvalue weighted by atomic mass is 14.8. The van der Waals surface area contributed by atoms with Crippen LogP contribution in [0.3, 0.4) is 0 Å². The fourth-order valence-corrected chi connectivity index (χ4v) is 7.21. The van der Waals surface area contributed by atoms with Crippen LogP contribution >= 0.6 is 0 Å². The number of rotatable bonds is 7. The van der Waals surface area contributed by atoms with Gasteiger partial charge in [0.25, 0.3) is 0 Å². The summed E-state index contributed by atoms with van der Waals surface area (Å²) in [5.41, 5.74) is 16.8. The molecule has 0 amide bonds. The Morgan fingerprint density at radius 3 is 1.93 bits per heavy atom. The van der Waals surface area contributed by atoms with Gasteiger partial charge < -0.3 is 0 Å². The van der Waals surface area contributed by atoms with E-state index in [1.54, 1.807) is 0 Å². The van der Waals surface area contributed by atoms with E-state index in [9.17, 15) is 0 Å². The molecule has 5 aromatic rings. The molecule has 0 saturated heterocycles. The molecule has 0 bridgehead atoms. The predicted octanol–water partition coefficient (Wildman–Crippen LogP) is 11.6. The third kappa shape index (κ3) is 4.95. The highest BCUT2D eigenvalue weighted by Gasteiger charge is 2.42. The monoisotopic (exact) mass is 579 g/mol. The molecule has 0 saturated carbocycles. The highest BCUT2D eigenvalue weighted by molar-refractivity contribution is 6.02. The number of nitrogens with zero attached hydrogens (tertiary/aromatic N) is 1. The zero-order valence-corrected chi connectivity index (χ0v) is 26.1. The van der Waals surface area contributed by atoms with Crippen molar-refractivity contribution in [3.63, 3.8) is 0 Å². The van der Waals surface area contributed by atoms with Crippen LogP contribution in [0.1, 0.15) is 60.1 Å². The van der Waals surface area contributed by atoms with E-state index in [0.717, 1.165) is 35.4 Å². The van der Waals surface area contributed by atoms with Crippen LogP contribution in [0.5, 0.6) is 0 Å². The first-order chi connectivity index (χ1) is 22.0. The lowest BCUT2D eigenvalue weighted by Gasteiger charge is -2.31. The van der Waals surface area contributed by atoms with E-state index >= 15 is 0 Å². The van der Waals surface area contributed by atoms with Gasteiger partial charge in [0.1, 0.15) is 0 Å². The summed E-state index contributed by atoms with van der Waals surface area (Å²) in [6.07, 6.45) is 8.43. The summed E-state index contributed by atoms with van der Waals surface area (Å²) in [7, 11) is 0. The van der Waals surface area contributed by atoms with Crippen molar-refractivity contribution in [3.05, 3.63) is 186 Å². The molecule has 1 atom stereocenters. The molecule has 1 heteroatoms. The molecule has 0 aromatic heterocycles. The van der Waals surface area contributed by atoms with Gasteiger partial charge in [0.15, 0.2) is 0 Å². The van der Waals surface area contributed by atoms with Gasteiger partial charge in [-0.15, -0.1) is 0 Å². The van der Waals surface area contributed by atoms with E-state index in [4.69, 9.17) is 4.99 Å². The fraction of sp³-hybridized carbons (Fsp3) is 0.114. The summed E-state index contributed by atoms with van der Waals surface area (Å²) in [6.45, 7) is 12.8. The molecule has 0 fully saturated rings. The molecule has 0 spiro atoms. The Labute approximate surface area is 267 Å². The molecule has 218 valence electrons. The lowest BCUT2D eigenvalue weighted by Crippen LogP contribution is -2.23. The third-order valence-corrected chi connectivity index (χ3v) is 9.65. The number of hydrogen-bond acceptors (Lipinski definition) is 1. The van der Waals surface area contributed by atoms with Crippen LogP contribution in [0, 0.1) is 0 Å². The van der Waals surface area contributed by atoms with E-state index in [2.05, 4.69) is 142 Å². The van der Waals surface area contributed by atoms with Crippen LogP contribution in [0.2, 0.25) is 0 Å². The van der Waals surface area contributed by atoms with Crippen LogP contribution in [-0.4, -0.2) is 5.71 Å². The van der Waals surface area contributed by atoms with Crippen molar-refractivity contribution in [1.82, 2.24) is 0 Å². The van der Waals surface area contributed by atoms with Gasteiger partial charge in [0.2, 0.25) is 0 Å². The van der Waals surface area contributed by atoms with Crippen molar-refractivity contribution in [3.8, 4) is 22.3 Å². The Bertz CT molecular complexity index is 2050. The van der Waals surface area contributed by atoms with E-state index < -0.39 is 0 Å². The van der Waals surface area contributed by atoms with Gasteiger partial charge >= 0.3 is 0 Å². The number of hydrogen-bond donors (Lipinski definition) is 0. The van der Waals surface area contributed by atoms with Crippen molar-refractivity contribution in [2.24, 2.45) is 4.99 Å². The summed E-state index contributed by atoms with van der Waals surface area (Å²) >= 11 is 0. The largest absolute Gasteiger partial charge is 0.253 e. The maximum Gasteiger partial charge on any atom is 0.0633 e. The maximum atomic E-state index is 4.84. The van der Waals surface area contributed by atoms with Crippen molar-refractivity contribution >= 4 is 23.1 Å². The molecule has 2 aliphatic rings. The van der Waals surface area contributed by atoms with Crippen LogP contribution in [0.15, 0.2) is 157 Å². The molecule has 1 nitrogen and oxygen atoms in total. The summed E-state index contributed by atoms with van der Waals surface area (Å²) in [6, 6.07) is 43.7. The second-order valence-corrected chi connectivity index (χ2v) is 12.2. The lowest BCUT2D eigenvalue weighted by molar-refractivity contribution is 0.716. The minimum Gasteiger partial charge on any atom is -0.253 e. The van der Waals surface area contributed by atoms with Crippen LogP contribution in [-0.2, 0) is 5.41 Å². The third-order valence-electron chi connectivity index (χ3n) is 9.65. The van der Waals surface area contributed by atoms with Crippen LogP contribution in [0.25, 0.3) is 39.6 Å².